The van der Waals surface area contributed by atoms with E-state index in [9.17, 15) is 4.79 Å². The summed E-state index contributed by atoms with van der Waals surface area (Å²) in [6, 6.07) is 7.96. The van der Waals surface area contributed by atoms with E-state index >= 15 is 0 Å². The molecule has 0 aliphatic carbocycles. The van der Waals surface area contributed by atoms with Gasteiger partial charge < -0.3 is 15.4 Å². The van der Waals surface area contributed by atoms with Crippen LogP contribution >= 0.6 is 0 Å². The van der Waals surface area contributed by atoms with Gasteiger partial charge in [-0.05, 0) is 30.0 Å². The summed E-state index contributed by atoms with van der Waals surface area (Å²) in [5.41, 5.74) is 1.14. The fourth-order valence-electron chi connectivity index (χ4n) is 1.62. The number of hydrogen-bond donors (Lipinski definition) is 2. The lowest BCUT2D eigenvalue weighted by Crippen LogP contribution is -2.35. The van der Waals surface area contributed by atoms with E-state index in [2.05, 4.69) is 31.4 Å². The van der Waals surface area contributed by atoms with E-state index < -0.39 is 0 Å². The van der Waals surface area contributed by atoms with Gasteiger partial charge in [0.15, 0.2) is 0 Å². The van der Waals surface area contributed by atoms with Crippen LogP contribution in [0, 0.1) is 5.92 Å². The monoisotopic (exact) mass is 278 g/mol. The minimum atomic E-state index is 0.0431. The molecule has 1 aromatic rings. The van der Waals surface area contributed by atoms with Gasteiger partial charge in [0.05, 0.1) is 13.2 Å². The lowest BCUT2D eigenvalue weighted by molar-refractivity contribution is -0.120. The van der Waals surface area contributed by atoms with E-state index in [-0.39, 0.29) is 5.91 Å². The maximum absolute atomic E-state index is 11.5. The van der Waals surface area contributed by atoms with Crippen molar-refractivity contribution < 1.29 is 9.53 Å². The number of carbonyl (C=O) groups excluding carboxylic acids is 1. The number of nitrogens with one attached hydrogen (secondary N) is 2. The van der Waals surface area contributed by atoms with Crippen LogP contribution in [0.3, 0.4) is 0 Å². The molecule has 1 amide bonds. The molecule has 0 bridgehead atoms. The smallest absolute Gasteiger partial charge is 0.233 e. The van der Waals surface area contributed by atoms with Crippen LogP contribution in [0.4, 0.5) is 0 Å². The Labute approximate surface area is 121 Å². The second-order valence-corrected chi connectivity index (χ2v) is 5.29. The molecule has 0 aromatic heterocycles. The molecule has 4 heteroatoms. The number of rotatable bonds is 9. The number of benzene rings is 1. The maximum atomic E-state index is 11.5. The molecule has 0 saturated carbocycles. The van der Waals surface area contributed by atoms with E-state index in [0.717, 1.165) is 30.9 Å². The SMILES string of the molecule is CCCOc1ccc(CNCC(=O)NCC(C)C)cc1. The third kappa shape index (κ3) is 7.14. The highest BCUT2D eigenvalue weighted by molar-refractivity contribution is 5.77. The van der Waals surface area contributed by atoms with Crippen molar-refractivity contribution in [2.24, 2.45) is 5.92 Å². The molecule has 1 aromatic carbocycles. The molecular weight excluding hydrogens is 252 g/mol. The lowest BCUT2D eigenvalue weighted by Gasteiger charge is -2.09. The minimum Gasteiger partial charge on any atom is -0.494 e. The predicted octanol–water partition coefficient (Wildman–Crippen LogP) is 2.34. The van der Waals surface area contributed by atoms with Crippen LogP contribution in [0.1, 0.15) is 32.8 Å². The van der Waals surface area contributed by atoms with Crippen LogP contribution in [-0.4, -0.2) is 25.6 Å². The summed E-state index contributed by atoms with van der Waals surface area (Å²) in [4.78, 5) is 11.5. The highest BCUT2D eigenvalue weighted by Crippen LogP contribution is 2.12. The van der Waals surface area contributed by atoms with Gasteiger partial charge in [-0.15, -0.1) is 0 Å². The summed E-state index contributed by atoms with van der Waals surface area (Å²) >= 11 is 0. The molecular formula is C16H26N2O2. The van der Waals surface area contributed by atoms with Crippen LogP contribution < -0.4 is 15.4 Å². The van der Waals surface area contributed by atoms with Crippen molar-refractivity contribution in [3.8, 4) is 5.75 Å². The number of hydrogen-bond acceptors (Lipinski definition) is 3. The second kappa shape index (κ2) is 9.37. The molecule has 0 spiro atoms. The van der Waals surface area contributed by atoms with E-state index in [4.69, 9.17) is 4.74 Å². The standard InChI is InChI=1S/C16H26N2O2/c1-4-9-20-15-7-5-14(6-8-15)11-17-12-16(19)18-10-13(2)3/h5-8,13,17H,4,9-12H2,1-3H3,(H,18,19). The Bertz CT molecular complexity index is 388. The number of amides is 1. The van der Waals surface area contributed by atoms with Crippen molar-refractivity contribution in [3.63, 3.8) is 0 Å². The fraction of sp³-hybridized carbons (Fsp3) is 0.562. The molecule has 0 unspecified atom stereocenters. The molecule has 0 heterocycles. The molecule has 0 radical (unpaired) electrons. The van der Waals surface area contributed by atoms with Gasteiger partial charge in [-0.1, -0.05) is 32.9 Å². The van der Waals surface area contributed by atoms with Gasteiger partial charge in [0.25, 0.3) is 0 Å². The Hall–Kier alpha value is -1.55. The zero-order valence-corrected chi connectivity index (χ0v) is 12.7. The van der Waals surface area contributed by atoms with Crippen molar-refractivity contribution in [1.29, 1.82) is 0 Å². The highest BCUT2D eigenvalue weighted by atomic mass is 16.5. The summed E-state index contributed by atoms with van der Waals surface area (Å²) in [5, 5.41) is 6.01. The number of ether oxygens (including phenoxy) is 1. The average molecular weight is 278 g/mol. The lowest BCUT2D eigenvalue weighted by atomic mass is 10.2. The van der Waals surface area contributed by atoms with Crippen molar-refractivity contribution >= 4 is 5.91 Å². The van der Waals surface area contributed by atoms with E-state index in [1.807, 2.05) is 24.3 Å². The first-order valence-electron chi connectivity index (χ1n) is 7.31. The molecule has 0 fully saturated rings. The molecule has 4 nitrogen and oxygen atoms in total. The maximum Gasteiger partial charge on any atom is 0.233 e. The van der Waals surface area contributed by atoms with Crippen molar-refractivity contribution in [2.45, 2.75) is 33.7 Å². The van der Waals surface area contributed by atoms with E-state index in [1.54, 1.807) is 0 Å². The summed E-state index contributed by atoms with van der Waals surface area (Å²) in [6.07, 6.45) is 1.01. The molecule has 0 aliphatic rings. The van der Waals surface area contributed by atoms with Crippen LogP contribution in [0.25, 0.3) is 0 Å². The van der Waals surface area contributed by atoms with E-state index in [0.29, 0.717) is 19.0 Å². The van der Waals surface area contributed by atoms with E-state index in [1.165, 1.54) is 0 Å². The summed E-state index contributed by atoms with van der Waals surface area (Å²) < 4.78 is 5.52. The molecule has 112 valence electrons. The van der Waals surface area contributed by atoms with Gasteiger partial charge in [-0.3, -0.25) is 4.79 Å². The van der Waals surface area contributed by atoms with Gasteiger partial charge in [0.1, 0.15) is 5.75 Å². The molecule has 0 aliphatic heterocycles. The van der Waals surface area contributed by atoms with Crippen molar-refractivity contribution in [1.82, 2.24) is 10.6 Å². The van der Waals surface area contributed by atoms with Gasteiger partial charge in [0.2, 0.25) is 5.91 Å². The minimum absolute atomic E-state index is 0.0431. The van der Waals surface area contributed by atoms with Gasteiger partial charge in [-0.2, -0.15) is 0 Å². The summed E-state index contributed by atoms with van der Waals surface area (Å²) in [6.45, 7) is 8.75. The Morgan fingerprint density at radius 1 is 1.25 bits per heavy atom. The molecule has 0 saturated heterocycles. The molecule has 2 N–H and O–H groups in total. The zero-order chi connectivity index (χ0) is 14.8. The highest BCUT2D eigenvalue weighted by Gasteiger charge is 2.02. The molecule has 0 atom stereocenters. The molecule has 1 rings (SSSR count). The topological polar surface area (TPSA) is 50.4 Å². The number of carbonyl (C=O) groups is 1. The van der Waals surface area contributed by atoms with Crippen molar-refractivity contribution in [3.05, 3.63) is 29.8 Å². The molecule has 20 heavy (non-hydrogen) atoms. The first-order valence-corrected chi connectivity index (χ1v) is 7.31. The third-order valence-electron chi connectivity index (χ3n) is 2.72. The van der Waals surface area contributed by atoms with Gasteiger partial charge in [0, 0.05) is 13.1 Å². The Morgan fingerprint density at radius 2 is 1.95 bits per heavy atom. The predicted molar refractivity (Wildman–Crippen MR) is 81.8 cm³/mol. The first kappa shape index (κ1) is 16.5. The quantitative estimate of drug-likeness (QED) is 0.729. The first-order chi connectivity index (χ1) is 9.61. The van der Waals surface area contributed by atoms with Gasteiger partial charge in [-0.25, -0.2) is 0 Å². The Kier molecular flexibility index (Phi) is 7.73. The van der Waals surface area contributed by atoms with Crippen molar-refractivity contribution in [2.75, 3.05) is 19.7 Å². The Balaban J connectivity index is 2.23. The largest absolute Gasteiger partial charge is 0.494 e. The summed E-state index contributed by atoms with van der Waals surface area (Å²) in [7, 11) is 0. The average Bonchev–Trinajstić information content (AvgIpc) is 2.44. The second-order valence-electron chi connectivity index (χ2n) is 5.29. The van der Waals surface area contributed by atoms with Crippen LogP contribution in [0.5, 0.6) is 5.75 Å². The van der Waals surface area contributed by atoms with Crippen LogP contribution in [-0.2, 0) is 11.3 Å². The normalized spacial score (nSPS) is 10.6. The Morgan fingerprint density at radius 3 is 2.55 bits per heavy atom. The van der Waals surface area contributed by atoms with Crippen LogP contribution in [0.2, 0.25) is 0 Å². The zero-order valence-electron chi connectivity index (χ0n) is 12.7. The van der Waals surface area contributed by atoms with Gasteiger partial charge >= 0.3 is 0 Å². The summed E-state index contributed by atoms with van der Waals surface area (Å²) in [5.74, 6) is 1.42. The van der Waals surface area contributed by atoms with Crippen LogP contribution in [0.15, 0.2) is 24.3 Å². The third-order valence-corrected chi connectivity index (χ3v) is 2.72. The fourth-order valence-corrected chi connectivity index (χ4v) is 1.62.